The van der Waals surface area contributed by atoms with Gasteiger partial charge < -0.3 is 24.7 Å². The molecule has 4 rings (SSSR count). The second-order valence-corrected chi connectivity index (χ2v) is 14.1. The minimum absolute atomic E-state index is 0.0884. The van der Waals surface area contributed by atoms with Gasteiger partial charge in [-0.15, -0.1) is 6.58 Å². The van der Waals surface area contributed by atoms with Crippen molar-refractivity contribution >= 4 is 17.8 Å². The molecule has 0 radical (unpaired) electrons. The first kappa shape index (κ1) is 30.3. The van der Waals surface area contributed by atoms with Gasteiger partial charge in [0, 0.05) is 12.1 Å². The lowest BCUT2D eigenvalue weighted by atomic mass is 9.62. The summed E-state index contributed by atoms with van der Waals surface area (Å²) < 4.78 is 6.68. The Morgan fingerprint density at radius 2 is 1.85 bits per heavy atom. The summed E-state index contributed by atoms with van der Waals surface area (Å²) in [5.41, 5.74) is -2.15. The molecule has 2 N–H and O–H groups in total. The molecule has 7 atom stereocenters. The Hall–Kier alpha value is -2.71. The summed E-state index contributed by atoms with van der Waals surface area (Å²) in [5, 5.41) is 21.0. The van der Waals surface area contributed by atoms with E-state index in [4.69, 9.17) is 4.74 Å². The zero-order valence-electron chi connectivity index (χ0n) is 25.0. The lowest BCUT2D eigenvalue weighted by Crippen LogP contribution is -2.62. The number of ether oxygens (including phenoxy) is 1. The van der Waals surface area contributed by atoms with Gasteiger partial charge in [-0.1, -0.05) is 64.1 Å². The number of benzene rings is 1. The second kappa shape index (κ2) is 10.3. The van der Waals surface area contributed by atoms with E-state index >= 15 is 0 Å². The fourth-order valence-corrected chi connectivity index (χ4v) is 8.17. The van der Waals surface area contributed by atoms with E-state index in [1.807, 2.05) is 51.1 Å². The van der Waals surface area contributed by atoms with Gasteiger partial charge in [0.05, 0.1) is 24.2 Å². The van der Waals surface area contributed by atoms with Crippen molar-refractivity contribution in [2.45, 2.75) is 96.6 Å². The third-order valence-corrected chi connectivity index (χ3v) is 9.44. The SMILES string of the molecule is C=CCN(C(=O)C1N([C@@H](CO)Cc2ccccc2)C(=O)[C@@H]2[C@@H](C(=O)O)[C@]3(C)OC12CC3C)C(C)(C)CC(C)(C)C. The summed E-state index contributed by atoms with van der Waals surface area (Å²) in [7, 11) is 0. The Balaban J connectivity index is 1.87. The summed E-state index contributed by atoms with van der Waals surface area (Å²) in [4.78, 5) is 45.2. The van der Waals surface area contributed by atoms with Crippen LogP contribution >= 0.6 is 0 Å². The number of likely N-dealkylation sites (tertiary alicyclic amines) is 1. The number of aliphatic carboxylic acids is 1. The van der Waals surface area contributed by atoms with Gasteiger partial charge in [0.1, 0.15) is 17.6 Å². The zero-order valence-corrected chi connectivity index (χ0v) is 25.0. The first-order chi connectivity index (χ1) is 18.5. The van der Waals surface area contributed by atoms with Gasteiger partial charge in [0.2, 0.25) is 11.8 Å². The summed E-state index contributed by atoms with van der Waals surface area (Å²) in [6, 6.07) is 7.71. The highest BCUT2D eigenvalue weighted by Crippen LogP contribution is 2.65. The van der Waals surface area contributed by atoms with Crippen molar-refractivity contribution < 1.29 is 29.3 Å². The van der Waals surface area contributed by atoms with Crippen molar-refractivity contribution in [1.82, 2.24) is 9.80 Å². The van der Waals surface area contributed by atoms with Crippen molar-refractivity contribution in [2.24, 2.45) is 23.2 Å². The lowest BCUT2D eigenvalue weighted by Gasteiger charge is -2.46. The number of rotatable bonds is 10. The van der Waals surface area contributed by atoms with Gasteiger partial charge in [0.25, 0.3) is 0 Å². The molecule has 0 saturated carbocycles. The number of hydrogen-bond acceptors (Lipinski definition) is 5. The van der Waals surface area contributed by atoms with Gasteiger partial charge >= 0.3 is 5.97 Å². The molecule has 3 fully saturated rings. The Morgan fingerprint density at radius 3 is 2.38 bits per heavy atom. The largest absolute Gasteiger partial charge is 0.481 e. The molecule has 40 heavy (non-hydrogen) atoms. The average Bonchev–Trinajstić information content (AvgIpc) is 3.36. The molecule has 0 aromatic heterocycles. The molecule has 3 unspecified atom stereocenters. The summed E-state index contributed by atoms with van der Waals surface area (Å²) >= 11 is 0. The highest BCUT2D eigenvalue weighted by molar-refractivity contribution is 5.98. The Kier molecular flexibility index (Phi) is 7.78. The molecule has 3 aliphatic rings. The zero-order chi connectivity index (χ0) is 29.8. The second-order valence-electron chi connectivity index (χ2n) is 14.1. The topological polar surface area (TPSA) is 107 Å². The molecule has 3 aliphatic heterocycles. The van der Waals surface area contributed by atoms with E-state index in [1.54, 1.807) is 17.9 Å². The molecule has 1 aromatic rings. The van der Waals surface area contributed by atoms with Crippen molar-refractivity contribution in [2.75, 3.05) is 13.2 Å². The fourth-order valence-electron chi connectivity index (χ4n) is 8.17. The van der Waals surface area contributed by atoms with Gasteiger partial charge in [-0.2, -0.15) is 0 Å². The van der Waals surface area contributed by atoms with Crippen LogP contribution in [0.2, 0.25) is 0 Å². The molecule has 2 bridgehead atoms. The molecule has 2 amide bonds. The maximum atomic E-state index is 14.9. The quantitative estimate of drug-likeness (QED) is 0.425. The molecule has 220 valence electrons. The first-order valence-electron chi connectivity index (χ1n) is 14.4. The van der Waals surface area contributed by atoms with E-state index < -0.39 is 52.5 Å². The van der Waals surface area contributed by atoms with E-state index in [1.165, 1.54) is 4.90 Å². The number of amides is 2. The normalized spacial score (nSPS) is 32.2. The van der Waals surface area contributed by atoms with Crippen LogP contribution in [0.1, 0.15) is 66.9 Å². The number of fused-ring (bicyclic) bond motifs is 1. The molecular formula is C32H46N2O6. The van der Waals surface area contributed by atoms with E-state index in [9.17, 15) is 24.6 Å². The maximum absolute atomic E-state index is 14.9. The van der Waals surface area contributed by atoms with Crippen LogP contribution in [0.15, 0.2) is 43.0 Å². The van der Waals surface area contributed by atoms with Gasteiger partial charge in [-0.25, -0.2) is 0 Å². The summed E-state index contributed by atoms with van der Waals surface area (Å²) in [6.07, 6.45) is 3.09. The van der Waals surface area contributed by atoms with Crippen molar-refractivity contribution in [3.8, 4) is 0 Å². The Morgan fingerprint density at radius 1 is 1.23 bits per heavy atom. The Labute approximate surface area is 238 Å². The van der Waals surface area contributed by atoms with E-state index in [-0.39, 0.29) is 30.4 Å². The van der Waals surface area contributed by atoms with Crippen LogP contribution in [-0.4, -0.2) is 79.8 Å². The van der Waals surface area contributed by atoms with Gasteiger partial charge in [0.15, 0.2) is 0 Å². The molecule has 8 nitrogen and oxygen atoms in total. The highest BCUT2D eigenvalue weighted by Gasteiger charge is 2.80. The van der Waals surface area contributed by atoms with Crippen LogP contribution in [0.5, 0.6) is 0 Å². The number of hydrogen-bond donors (Lipinski definition) is 2. The van der Waals surface area contributed by atoms with E-state index in [0.717, 1.165) is 5.56 Å². The minimum Gasteiger partial charge on any atom is -0.481 e. The number of aliphatic hydroxyl groups is 1. The molecule has 3 saturated heterocycles. The highest BCUT2D eigenvalue weighted by atomic mass is 16.5. The number of carboxylic acids is 1. The number of carboxylic acid groups (broad SMARTS) is 1. The van der Waals surface area contributed by atoms with Gasteiger partial charge in [-0.05, 0) is 56.9 Å². The lowest BCUT2D eigenvalue weighted by molar-refractivity contribution is -0.162. The third kappa shape index (κ3) is 4.77. The van der Waals surface area contributed by atoms with Crippen molar-refractivity contribution in [1.29, 1.82) is 0 Å². The van der Waals surface area contributed by atoms with Crippen LogP contribution in [0.25, 0.3) is 0 Å². The van der Waals surface area contributed by atoms with Crippen molar-refractivity contribution in [3.05, 3.63) is 48.6 Å². The van der Waals surface area contributed by atoms with Crippen LogP contribution in [0.4, 0.5) is 0 Å². The number of aliphatic hydroxyl groups excluding tert-OH is 1. The summed E-state index contributed by atoms with van der Waals surface area (Å²) in [6.45, 7) is 17.9. The predicted molar refractivity (Wildman–Crippen MR) is 152 cm³/mol. The molecule has 1 aromatic carbocycles. The number of carbonyl (C=O) groups excluding carboxylic acids is 2. The van der Waals surface area contributed by atoms with E-state index in [2.05, 4.69) is 27.4 Å². The minimum atomic E-state index is -1.30. The maximum Gasteiger partial charge on any atom is 0.310 e. The molecule has 1 spiro atoms. The predicted octanol–water partition coefficient (Wildman–Crippen LogP) is 3.91. The molecular weight excluding hydrogens is 508 g/mol. The molecule has 3 heterocycles. The number of nitrogens with zero attached hydrogens (tertiary/aromatic N) is 2. The van der Waals surface area contributed by atoms with Crippen LogP contribution in [0.3, 0.4) is 0 Å². The van der Waals surface area contributed by atoms with Crippen LogP contribution in [0, 0.1) is 23.2 Å². The summed E-state index contributed by atoms with van der Waals surface area (Å²) in [5.74, 6) is -4.09. The van der Waals surface area contributed by atoms with Crippen molar-refractivity contribution in [3.63, 3.8) is 0 Å². The monoisotopic (exact) mass is 554 g/mol. The molecule has 8 heteroatoms. The van der Waals surface area contributed by atoms with Crippen LogP contribution < -0.4 is 0 Å². The smallest absolute Gasteiger partial charge is 0.310 e. The Bertz CT molecular complexity index is 1160. The fraction of sp³-hybridized carbons (Fsp3) is 0.656. The standard InChI is InChI=1S/C32H46N2O6/c1-9-15-33(30(6,7)19-29(3,4)5)27(37)25-32-17-20(2)31(8,40-32)24(28(38)39)23(32)26(36)34(25)22(18-35)16-21-13-11-10-12-14-21/h9-14,20,22-25,35H,1,15-19H2,2-8H3,(H,38,39)/t20?,22-,23+,24+,25?,31-,32?/m1/s1. The average molecular weight is 555 g/mol. The van der Waals surface area contributed by atoms with E-state index in [0.29, 0.717) is 19.3 Å². The third-order valence-electron chi connectivity index (χ3n) is 9.44. The number of carbonyl (C=O) groups is 3. The van der Waals surface area contributed by atoms with Crippen LogP contribution in [-0.2, 0) is 25.5 Å². The van der Waals surface area contributed by atoms with Gasteiger partial charge in [-0.3, -0.25) is 14.4 Å². The first-order valence-corrected chi connectivity index (χ1v) is 14.4. The molecule has 0 aliphatic carbocycles.